The van der Waals surface area contributed by atoms with Gasteiger partial charge in [0.15, 0.2) is 0 Å². The number of benzene rings is 1. The summed E-state index contributed by atoms with van der Waals surface area (Å²) in [7, 11) is 0. The van der Waals surface area contributed by atoms with Crippen LogP contribution >= 0.6 is 0 Å². The minimum absolute atomic E-state index is 0.352. The van der Waals surface area contributed by atoms with Gasteiger partial charge in [0.05, 0.1) is 17.9 Å². The van der Waals surface area contributed by atoms with Gasteiger partial charge in [0, 0.05) is 31.0 Å². The number of imidazole rings is 1. The van der Waals surface area contributed by atoms with Crippen molar-refractivity contribution in [1.29, 1.82) is 0 Å². The van der Waals surface area contributed by atoms with Crippen molar-refractivity contribution in [1.82, 2.24) is 25.0 Å². The van der Waals surface area contributed by atoms with Gasteiger partial charge in [-0.15, -0.1) is 0 Å². The fraction of sp³-hybridized carbons (Fsp3) is 0.267. The molecule has 0 aliphatic carbocycles. The van der Waals surface area contributed by atoms with E-state index in [2.05, 4.69) is 39.5 Å². The minimum atomic E-state index is 0.352. The van der Waals surface area contributed by atoms with E-state index in [0.717, 1.165) is 24.3 Å². The molecule has 21 heavy (non-hydrogen) atoms. The summed E-state index contributed by atoms with van der Waals surface area (Å²) in [6.45, 7) is 3.90. The first-order valence-corrected chi connectivity index (χ1v) is 6.95. The van der Waals surface area contributed by atoms with E-state index in [1.807, 2.05) is 16.8 Å². The average Bonchev–Trinajstić information content (AvgIpc) is 3.08. The first-order chi connectivity index (χ1) is 10.3. The van der Waals surface area contributed by atoms with E-state index in [-0.39, 0.29) is 0 Å². The number of nitrogens with one attached hydrogen (secondary N) is 1. The highest BCUT2D eigenvalue weighted by Gasteiger charge is 2.25. The molecule has 0 radical (unpaired) electrons. The van der Waals surface area contributed by atoms with Crippen LogP contribution in [0.5, 0.6) is 0 Å². The van der Waals surface area contributed by atoms with Crippen LogP contribution in [-0.4, -0.2) is 32.8 Å². The quantitative estimate of drug-likeness (QED) is 0.794. The van der Waals surface area contributed by atoms with Crippen molar-refractivity contribution in [2.75, 3.05) is 13.1 Å². The van der Waals surface area contributed by atoms with Crippen LogP contribution in [0.3, 0.4) is 0 Å². The van der Waals surface area contributed by atoms with Gasteiger partial charge >= 0.3 is 0 Å². The topological polar surface area (TPSA) is 68.8 Å². The Morgan fingerprint density at radius 2 is 2.24 bits per heavy atom. The van der Waals surface area contributed by atoms with Crippen LogP contribution in [-0.2, 0) is 0 Å². The fourth-order valence-electron chi connectivity index (χ4n) is 2.41. The van der Waals surface area contributed by atoms with Gasteiger partial charge in [0.25, 0.3) is 0 Å². The van der Waals surface area contributed by atoms with Gasteiger partial charge in [-0.3, -0.25) is 0 Å². The lowest BCUT2D eigenvalue weighted by Crippen LogP contribution is -2.40. The summed E-state index contributed by atoms with van der Waals surface area (Å²) in [5.74, 6) is 1.71. The molecule has 1 aliphatic rings. The Labute approximate surface area is 121 Å². The SMILES string of the molecule is Cc1ccc(-c2noc(C3CNC3)n2)cc1-n1ccnc1. The molecule has 0 unspecified atom stereocenters. The summed E-state index contributed by atoms with van der Waals surface area (Å²) in [5, 5.41) is 7.31. The van der Waals surface area contributed by atoms with Gasteiger partial charge in [-0.05, 0) is 18.6 Å². The highest BCUT2D eigenvalue weighted by molar-refractivity contribution is 5.60. The standard InChI is InChI=1S/C15H15N5O/c1-10-2-3-11(6-13(10)20-5-4-16-9-20)14-18-15(21-19-14)12-7-17-8-12/h2-6,9,12,17H,7-8H2,1H3. The van der Waals surface area contributed by atoms with Crippen LogP contribution in [0.4, 0.5) is 0 Å². The van der Waals surface area contributed by atoms with E-state index in [9.17, 15) is 0 Å². The molecule has 2 aromatic heterocycles. The third-order valence-corrected chi connectivity index (χ3v) is 3.82. The molecule has 3 heterocycles. The molecule has 6 heteroatoms. The van der Waals surface area contributed by atoms with Crippen molar-refractivity contribution in [3.8, 4) is 17.1 Å². The minimum Gasteiger partial charge on any atom is -0.339 e. The Hall–Kier alpha value is -2.47. The Bertz CT molecular complexity index is 758. The smallest absolute Gasteiger partial charge is 0.232 e. The highest BCUT2D eigenvalue weighted by atomic mass is 16.5. The maximum absolute atomic E-state index is 5.36. The first kappa shape index (κ1) is 12.3. The molecule has 106 valence electrons. The maximum atomic E-state index is 5.36. The van der Waals surface area contributed by atoms with Gasteiger partial charge < -0.3 is 14.4 Å². The summed E-state index contributed by atoms with van der Waals surface area (Å²) >= 11 is 0. The van der Waals surface area contributed by atoms with Crippen molar-refractivity contribution in [2.24, 2.45) is 0 Å². The number of hydrogen-bond donors (Lipinski definition) is 1. The Morgan fingerprint density at radius 3 is 2.95 bits per heavy atom. The number of nitrogens with zero attached hydrogens (tertiary/aromatic N) is 4. The van der Waals surface area contributed by atoms with E-state index in [4.69, 9.17) is 4.52 Å². The van der Waals surface area contributed by atoms with E-state index in [0.29, 0.717) is 17.6 Å². The molecule has 1 aliphatic heterocycles. The number of hydrogen-bond acceptors (Lipinski definition) is 5. The third-order valence-electron chi connectivity index (χ3n) is 3.82. The van der Waals surface area contributed by atoms with Gasteiger partial charge in [-0.25, -0.2) is 4.98 Å². The Morgan fingerprint density at radius 1 is 1.33 bits per heavy atom. The molecule has 3 aromatic rings. The normalized spacial score (nSPS) is 15.1. The second kappa shape index (κ2) is 4.82. The van der Waals surface area contributed by atoms with E-state index >= 15 is 0 Å². The second-order valence-corrected chi connectivity index (χ2v) is 5.28. The van der Waals surface area contributed by atoms with Gasteiger partial charge in [0.1, 0.15) is 0 Å². The number of rotatable bonds is 3. The van der Waals surface area contributed by atoms with Crippen LogP contribution in [0.15, 0.2) is 41.4 Å². The van der Waals surface area contributed by atoms with E-state index < -0.39 is 0 Å². The highest BCUT2D eigenvalue weighted by Crippen LogP contribution is 2.25. The van der Waals surface area contributed by atoms with Gasteiger partial charge in [-0.1, -0.05) is 17.3 Å². The number of aryl methyl sites for hydroxylation is 1. The predicted molar refractivity (Wildman–Crippen MR) is 77.2 cm³/mol. The molecular weight excluding hydrogens is 266 g/mol. The molecule has 1 saturated heterocycles. The first-order valence-electron chi connectivity index (χ1n) is 6.95. The summed E-state index contributed by atoms with van der Waals surface area (Å²) in [6, 6.07) is 6.14. The van der Waals surface area contributed by atoms with Gasteiger partial charge in [0.2, 0.25) is 11.7 Å². The molecule has 0 bridgehead atoms. The molecule has 0 amide bonds. The summed E-state index contributed by atoms with van der Waals surface area (Å²) in [5.41, 5.74) is 3.19. The summed E-state index contributed by atoms with van der Waals surface area (Å²) in [6.07, 6.45) is 5.48. The summed E-state index contributed by atoms with van der Waals surface area (Å²) in [4.78, 5) is 8.61. The van der Waals surface area contributed by atoms with Crippen molar-refractivity contribution < 1.29 is 4.52 Å². The van der Waals surface area contributed by atoms with Crippen molar-refractivity contribution in [3.05, 3.63) is 48.4 Å². The lowest BCUT2D eigenvalue weighted by molar-refractivity contribution is 0.308. The molecule has 4 rings (SSSR count). The monoisotopic (exact) mass is 281 g/mol. The van der Waals surface area contributed by atoms with E-state index in [1.54, 1.807) is 12.5 Å². The van der Waals surface area contributed by atoms with Gasteiger partial charge in [-0.2, -0.15) is 4.98 Å². The fourth-order valence-corrected chi connectivity index (χ4v) is 2.41. The lowest BCUT2D eigenvalue weighted by atomic mass is 10.0. The Balaban J connectivity index is 1.71. The molecule has 1 fully saturated rings. The van der Waals surface area contributed by atoms with Crippen molar-refractivity contribution in [3.63, 3.8) is 0 Å². The third kappa shape index (κ3) is 2.13. The van der Waals surface area contributed by atoms with Crippen LogP contribution < -0.4 is 5.32 Å². The van der Waals surface area contributed by atoms with Crippen LogP contribution in [0.2, 0.25) is 0 Å². The largest absolute Gasteiger partial charge is 0.339 e. The molecule has 0 spiro atoms. The second-order valence-electron chi connectivity index (χ2n) is 5.28. The average molecular weight is 281 g/mol. The number of aromatic nitrogens is 4. The zero-order valence-corrected chi connectivity index (χ0v) is 11.7. The lowest BCUT2D eigenvalue weighted by Gasteiger charge is -2.22. The molecule has 1 N–H and O–H groups in total. The van der Waals surface area contributed by atoms with Crippen LogP contribution in [0, 0.1) is 6.92 Å². The van der Waals surface area contributed by atoms with Crippen molar-refractivity contribution >= 4 is 0 Å². The van der Waals surface area contributed by atoms with E-state index in [1.165, 1.54) is 5.56 Å². The van der Waals surface area contributed by atoms with Crippen molar-refractivity contribution in [2.45, 2.75) is 12.8 Å². The van der Waals surface area contributed by atoms with Crippen LogP contribution in [0.1, 0.15) is 17.4 Å². The maximum Gasteiger partial charge on any atom is 0.232 e. The Kier molecular flexibility index (Phi) is 2.82. The molecule has 0 atom stereocenters. The molecule has 1 aromatic carbocycles. The summed E-state index contributed by atoms with van der Waals surface area (Å²) < 4.78 is 7.35. The molecule has 6 nitrogen and oxygen atoms in total. The zero-order valence-electron chi connectivity index (χ0n) is 11.7. The predicted octanol–water partition coefficient (Wildman–Crippen LogP) is 1.92. The van der Waals surface area contributed by atoms with Crippen LogP contribution in [0.25, 0.3) is 17.1 Å². The molecule has 0 saturated carbocycles. The molecular formula is C15H15N5O. The zero-order chi connectivity index (χ0) is 14.2.